The summed E-state index contributed by atoms with van der Waals surface area (Å²) in [6.45, 7) is 10.3. The maximum absolute atomic E-state index is 13.1. The van der Waals surface area contributed by atoms with Crippen molar-refractivity contribution in [3.8, 4) is 0 Å². The molecule has 2 aromatic rings. The molecule has 6 heteroatoms. The van der Waals surface area contributed by atoms with Crippen LogP contribution in [0.1, 0.15) is 55.0 Å². The van der Waals surface area contributed by atoms with Crippen molar-refractivity contribution in [3.63, 3.8) is 0 Å². The van der Waals surface area contributed by atoms with Gasteiger partial charge in [-0.25, -0.2) is 8.42 Å². The molecule has 0 aromatic heterocycles. The third-order valence-corrected chi connectivity index (χ3v) is 6.48. The molecule has 1 N–H and O–H groups in total. The topological polar surface area (TPSA) is 66.5 Å². The van der Waals surface area contributed by atoms with Crippen LogP contribution >= 0.6 is 0 Å². The van der Waals surface area contributed by atoms with Crippen LogP contribution in [-0.2, 0) is 34.2 Å². The minimum absolute atomic E-state index is 0.286. The van der Waals surface area contributed by atoms with Gasteiger partial charge in [-0.15, -0.1) is 0 Å². The van der Waals surface area contributed by atoms with E-state index in [1.807, 2.05) is 39.0 Å². The van der Waals surface area contributed by atoms with E-state index >= 15 is 0 Å². The Kier molecular flexibility index (Phi) is 8.07. The molecule has 0 heterocycles. The highest BCUT2D eigenvalue weighted by atomic mass is 32.2. The van der Waals surface area contributed by atoms with Gasteiger partial charge in [0, 0.05) is 6.54 Å². The molecule has 0 fully saturated rings. The number of rotatable bonds is 9. The third kappa shape index (κ3) is 5.85. The van der Waals surface area contributed by atoms with Crippen LogP contribution < -0.4 is 9.62 Å². The Bertz CT molecular complexity index is 979. The summed E-state index contributed by atoms with van der Waals surface area (Å²) in [6, 6.07) is 11.1. The van der Waals surface area contributed by atoms with E-state index in [-0.39, 0.29) is 5.91 Å². The minimum Gasteiger partial charge on any atom is -0.350 e. The largest absolute Gasteiger partial charge is 0.350 e. The first kappa shape index (κ1) is 23.9. The first-order valence-electron chi connectivity index (χ1n) is 10.6. The van der Waals surface area contributed by atoms with E-state index in [2.05, 4.69) is 37.4 Å². The van der Waals surface area contributed by atoms with Gasteiger partial charge >= 0.3 is 0 Å². The van der Waals surface area contributed by atoms with Crippen molar-refractivity contribution < 1.29 is 13.2 Å². The molecule has 0 spiro atoms. The first-order valence-corrected chi connectivity index (χ1v) is 12.4. The van der Waals surface area contributed by atoms with E-state index in [0.717, 1.165) is 35.8 Å². The van der Waals surface area contributed by atoms with Gasteiger partial charge in [0.15, 0.2) is 0 Å². The highest BCUT2D eigenvalue weighted by Crippen LogP contribution is 2.25. The van der Waals surface area contributed by atoms with E-state index in [1.165, 1.54) is 15.4 Å². The minimum atomic E-state index is -3.64. The van der Waals surface area contributed by atoms with Crippen LogP contribution in [0.4, 0.5) is 5.69 Å². The monoisotopic (exact) mass is 430 g/mol. The third-order valence-electron chi connectivity index (χ3n) is 5.30. The van der Waals surface area contributed by atoms with Crippen molar-refractivity contribution in [1.29, 1.82) is 0 Å². The predicted molar refractivity (Wildman–Crippen MR) is 124 cm³/mol. The number of sulfonamides is 1. The maximum atomic E-state index is 13.1. The fourth-order valence-electron chi connectivity index (χ4n) is 3.85. The fourth-order valence-corrected chi connectivity index (χ4v) is 5.04. The number of aryl methyl sites for hydroxylation is 4. The number of nitrogens with one attached hydrogen (secondary N) is 1. The highest BCUT2D eigenvalue weighted by molar-refractivity contribution is 7.92. The predicted octanol–water partition coefficient (Wildman–Crippen LogP) is 4.29. The smallest absolute Gasteiger partial charge is 0.244 e. The molecule has 0 aliphatic carbocycles. The van der Waals surface area contributed by atoms with E-state index in [4.69, 9.17) is 0 Å². The molecule has 0 bridgehead atoms. The molecule has 164 valence electrons. The van der Waals surface area contributed by atoms with Crippen molar-refractivity contribution in [2.45, 2.75) is 66.5 Å². The van der Waals surface area contributed by atoms with Gasteiger partial charge in [0.25, 0.3) is 0 Å². The number of carbonyl (C=O) groups is 1. The molecule has 5 nitrogen and oxygen atoms in total. The van der Waals surface area contributed by atoms with E-state index in [0.29, 0.717) is 18.7 Å². The fraction of sp³-hybridized carbons (Fsp3) is 0.458. The van der Waals surface area contributed by atoms with Gasteiger partial charge in [0.05, 0.1) is 11.9 Å². The van der Waals surface area contributed by atoms with Crippen LogP contribution in [0.3, 0.4) is 0 Å². The summed E-state index contributed by atoms with van der Waals surface area (Å²) in [4.78, 5) is 13.1. The lowest BCUT2D eigenvalue weighted by molar-refractivity contribution is -0.122. The molecular formula is C24H34N2O3S. The standard InChI is InChI=1S/C24H34N2O3S/c1-7-19-10-11-20(8-2)21(15-19)16-25-24(27)23(9-3)26(30(6,28)29)22-13-17(4)12-18(5)14-22/h10-15,23H,7-9,16H2,1-6H3,(H,25,27)/t23-/m0/s1. The molecule has 0 unspecified atom stereocenters. The van der Waals surface area contributed by atoms with E-state index in [1.54, 1.807) is 0 Å². The number of anilines is 1. The molecule has 0 saturated heterocycles. The number of nitrogens with zero attached hydrogens (tertiary/aromatic N) is 1. The van der Waals surface area contributed by atoms with Crippen LogP contribution in [0.2, 0.25) is 0 Å². The van der Waals surface area contributed by atoms with Gasteiger partial charge in [0.2, 0.25) is 15.9 Å². The normalized spacial score (nSPS) is 12.5. The summed E-state index contributed by atoms with van der Waals surface area (Å²) in [5.41, 5.74) is 5.93. The van der Waals surface area contributed by atoms with Crippen molar-refractivity contribution >= 4 is 21.6 Å². The Morgan fingerprint density at radius 3 is 2.10 bits per heavy atom. The first-order chi connectivity index (χ1) is 14.1. The average Bonchev–Trinajstić information content (AvgIpc) is 2.67. The van der Waals surface area contributed by atoms with E-state index in [9.17, 15) is 13.2 Å². The van der Waals surface area contributed by atoms with Gasteiger partial charge < -0.3 is 5.32 Å². The second kappa shape index (κ2) is 10.1. The molecular weight excluding hydrogens is 396 g/mol. The zero-order chi connectivity index (χ0) is 22.5. The van der Waals surface area contributed by atoms with Crippen LogP contribution in [0, 0.1) is 13.8 Å². The second-order valence-electron chi connectivity index (χ2n) is 7.86. The van der Waals surface area contributed by atoms with E-state index < -0.39 is 16.1 Å². The lowest BCUT2D eigenvalue weighted by atomic mass is 10.0. The van der Waals surface area contributed by atoms with Gasteiger partial charge in [-0.1, -0.05) is 45.0 Å². The summed E-state index contributed by atoms with van der Waals surface area (Å²) in [5.74, 6) is -0.286. The van der Waals surface area contributed by atoms with Crippen LogP contribution in [0.25, 0.3) is 0 Å². The summed E-state index contributed by atoms with van der Waals surface area (Å²) in [6.07, 6.45) is 3.34. The number of carbonyl (C=O) groups excluding carboxylic acids is 1. The van der Waals surface area contributed by atoms with Crippen molar-refractivity contribution in [2.75, 3.05) is 10.6 Å². The van der Waals surface area contributed by atoms with Crippen molar-refractivity contribution in [2.24, 2.45) is 0 Å². The lowest BCUT2D eigenvalue weighted by Crippen LogP contribution is -2.49. The number of benzene rings is 2. The summed E-state index contributed by atoms with van der Waals surface area (Å²) < 4.78 is 26.6. The molecule has 0 aliphatic rings. The summed E-state index contributed by atoms with van der Waals surface area (Å²) in [7, 11) is -3.64. The van der Waals surface area contributed by atoms with Crippen LogP contribution in [0.5, 0.6) is 0 Å². The van der Waals surface area contributed by atoms with Gasteiger partial charge in [-0.3, -0.25) is 9.10 Å². The number of hydrogen-bond donors (Lipinski definition) is 1. The Balaban J connectivity index is 2.33. The van der Waals surface area contributed by atoms with Crippen molar-refractivity contribution in [3.05, 3.63) is 64.2 Å². The Hall–Kier alpha value is -2.34. The maximum Gasteiger partial charge on any atom is 0.244 e. The Labute approximate surface area is 181 Å². The second-order valence-corrected chi connectivity index (χ2v) is 9.72. The molecule has 0 aliphatic heterocycles. The van der Waals surface area contributed by atoms with Gasteiger partial charge in [0.1, 0.15) is 6.04 Å². The molecule has 2 rings (SSSR count). The molecule has 0 saturated carbocycles. The Morgan fingerprint density at radius 2 is 1.60 bits per heavy atom. The van der Waals surface area contributed by atoms with Crippen LogP contribution in [-0.4, -0.2) is 26.6 Å². The average molecular weight is 431 g/mol. The lowest BCUT2D eigenvalue weighted by Gasteiger charge is -2.30. The Morgan fingerprint density at radius 1 is 0.967 bits per heavy atom. The quantitative estimate of drug-likeness (QED) is 0.645. The van der Waals surface area contributed by atoms with Gasteiger partial charge in [-0.2, -0.15) is 0 Å². The SMILES string of the molecule is CCc1ccc(CC)c(CNC(=O)[C@H](CC)N(c2cc(C)cc(C)c2)S(C)(=O)=O)c1. The molecule has 2 aromatic carbocycles. The molecule has 1 atom stereocenters. The number of hydrogen-bond acceptors (Lipinski definition) is 3. The molecule has 30 heavy (non-hydrogen) atoms. The summed E-state index contributed by atoms with van der Waals surface area (Å²) in [5, 5.41) is 2.98. The highest BCUT2D eigenvalue weighted by Gasteiger charge is 2.31. The van der Waals surface area contributed by atoms with Crippen LogP contribution in [0.15, 0.2) is 36.4 Å². The number of amides is 1. The zero-order valence-electron chi connectivity index (χ0n) is 19.0. The molecule has 1 amide bonds. The summed E-state index contributed by atoms with van der Waals surface area (Å²) >= 11 is 0. The van der Waals surface area contributed by atoms with Gasteiger partial charge in [-0.05, 0) is 73.1 Å². The molecule has 0 radical (unpaired) electrons. The zero-order valence-corrected chi connectivity index (χ0v) is 19.8. The van der Waals surface area contributed by atoms with Crippen molar-refractivity contribution in [1.82, 2.24) is 5.32 Å².